The number of carbonyl (C=O) groups is 1. The van der Waals surface area contributed by atoms with Crippen molar-refractivity contribution in [1.29, 1.82) is 0 Å². The van der Waals surface area contributed by atoms with Crippen molar-refractivity contribution in [3.05, 3.63) is 6.42 Å². The molecule has 1 amide bonds. The highest BCUT2D eigenvalue weighted by Gasteiger charge is 2.59. The van der Waals surface area contributed by atoms with Crippen LogP contribution in [0.2, 0.25) is 0 Å². The van der Waals surface area contributed by atoms with Gasteiger partial charge in [0.15, 0.2) is 5.92 Å². The highest BCUT2D eigenvalue weighted by molar-refractivity contribution is 5.70. The van der Waals surface area contributed by atoms with Crippen molar-refractivity contribution in [1.82, 2.24) is 4.90 Å². The lowest BCUT2D eigenvalue weighted by atomic mass is 9.98. The number of nitrogens with zero attached hydrogens (tertiary/aromatic N) is 1. The van der Waals surface area contributed by atoms with Gasteiger partial charge in [-0.3, -0.25) is 4.90 Å². The summed E-state index contributed by atoms with van der Waals surface area (Å²) < 4.78 is 86.7. The van der Waals surface area contributed by atoms with Gasteiger partial charge in [0.1, 0.15) is 11.3 Å². The molecule has 0 aromatic rings. The van der Waals surface area contributed by atoms with Crippen LogP contribution >= 0.6 is 0 Å². The van der Waals surface area contributed by atoms with Gasteiger partial charge in [0.25, 0.3) is 0 Å². The molecule has 1 aliphatic heterocycles. The molecule has 0 aliphatic carbocycles. The number of alkyl halides is 6. The molecule has 0 spiro atoms. The van der Waals surface area contributed by atoms with Crippen LogP contribution in [0.15, 0.2) is 0 Å². The van der Waals surface area contributed by atoms with Crippen molar-refractivity contribution in [2.75, 3.05) is 6.61 Å². The summed E-state index contributed by atoms with van der Waals surface area (Å²) in [4.78, 5) is 13.0. The van der Waals surface area contributed by atoms with E-state index in [1.54, 1.807) is 0 Å². The van der Waals surface area contributed by atoms with Crippen LogP contribution in [0.3, 0.4) is 0 Å². The summed E-state index contributed by atoms with van der Waals surface area (Å²) in [6.07, 6.45) is -12.1. The zero-order valence-corrected chi connectivity index (χ0v) is 13.9. The molecule has 24 heavy (non-hydrogen) atoms. The normalized spacial score (nSPS) is 22.2. The molecule has 1 fully saturated rings. The Morgan fingerprint density at radius 2 is 1.62 bits per heavy atom. The van der Waals surface area contributed by atoms with E-state index in [1.807, 2.05) is 0 Å². The Morgan fingerprint density at radius 3 is 2.00 bits per heavy atom. The van der Waals surface area contributed by atoms with E-state index in [4.69, 9.17) is 9.47 Å². The van der Waals surface area contributed by atoms with E-state index in [-0.39, 0.29) is 6.42 Å². The molecule has 1 aliphatic rings. The highest BCUT2D eigenvalue weighted by atomic mass is 19.4. The first-order chi connectivity index (χ1) is 10.5. The lowest BCUT2D eigenvalue weighted by Crippen LogP contribution is -2.52. The molecule has 1 heterocycles. The zero-order chi connectivity index (χ0) is 19.1. The van der Waals surface area contributed by atoms with Crippen molar-refractivity contribution in [3.63, 3.8) is 0 Å². The summed E-state index contributed by atoms with van der Waals surface area (Å²) in [7, 11) is 0. The summed E-state index contributed by atoms with van der Waals surface area (Å²) in [6, 6.07) is -1.52. The number of carbonyl (C=O) groups excluding carboxylic acids is 1. The van der Waals surface area contributed by atoms with Gasteiger partial charge in [0.2, 0.25) is 0 Å². The van der Waals surface area contributed by atoms with Crippen molar-refractivity contribution in [3.8, 4) is 0 Å². The average Bonchev–Trinajstić information content (AvgIpc) is 2.55. The molecule has 1 rings (SSSR count). The van der Waals surface area contributed by atoms with Crippen molar-refractivity contribution in [2.45, 2.75) is 64.3 Å². The number of ether oxygens (including phenoxy) is 2. The second-order valence-electron chi connectivity index (χ2n) is 6.93. The standard InChI is InChI=1S/C14H20F6NO3/c1-11(2,3)24-10(22)21-8(7-23-12(21,4)5)6-9(13(15,16)17)14(18,19)20/h6,8-9H,7H2,1-5H3/t8-/m0/s1. The van der Waals surface area contributed by atoms with E-state index in [9.17, 15) is 31.1 Å². The fourth-order valence-corrected chi connectivity index (χ4v) is 2.27. The molecule has 4 nitrogen and oxygen atoms in total. The van der Waals surface area contributed by atoms with Gasteiger partial charge in [-0.2, -0.15) is 26.3 Å². The van der Waals surface area contributed by atoms with Crippen molar-refractivity contribution >= 4 is 6.09 Å². The number of hydrogen-bond acceptors (Lipinski definition) is 3. The maximum absolute atomic E-state index is 12.7. The molecule has 0 saturated carbocycles. The van der Waals surface area contributed by atoms with Crippen LogP contribution in [-0.4, -0.2) is 47.3 Å². The first kappa shape index (κ1) is 20.9. The summed E-state index contributed by atoms with van der Waals surface area (Å²) in [5.74, 6) is -3.67. The summed E-state index contributed by atoms with van der Waals surface area (Å²) in [5, 5.41) is 0. The van der Waals surface area contributed by atoms with Gasteiger partial charge < -0.3 is 9.47 Å². The van der Waals surface area contributed by atoms with E-state index in [0.717, 1.165) is 4.90 Å². The molecule has 1 radical (unpaired) electrons. The predicted octanol–water partition coefficient (Wildman–Crippen LogP) is 4.30. The van der Waals surface area contributed by atoms with Crippen LogP contribution in [0.5, 0.6) is 0 Å². The van der Waals surface area contributed by atoms with Crippen molar-refractivity contribution < 1.29 is 40.6 Å². The molecule has 1 atom stereocenters. The lowest BCUT2D eigenvalue weighted by Gasteiger charge is -2.36. The topological polar surface area (TPSA) is 38.8 Å². The van der Waals surface area contributed by atoms with Crippen LogP contribution in [0.4, 0.5) is 31.1 Å². The zero-order valence-electron chi connectivity index (χ0n) is 13.9. The first-order valence-electron chi connectivity index (χ1n) is 7.10. The van der Waals surface area contributed by atoms with Gasteiger partial charge in [0, 0.05) is 6.42 Å². The second kappa shape index (κ2) is 6.27. The Kier molecular flexibility index (Phi) is 5.45. The van der Waals surface area contributed by atoms with Crippen LogP contribution in [0.1, 0.15) is 34.6 Å². The average molecular weight is 364 g/mol. The lowest BCUT2D eigenvalue weighted by molar-refractivity contribution is -0.274. The van der Waals surface area contributed by atoms with Gasteiger partial charge >= 0.3 is 18.4 Å². The van der Waals surface area contributed by atoms with Crippen LogP contribution < -0.4 is 0 Å². The van der Waals surface area contributed by atoms with E-state index in [0.29, 0.717) is 0 Å². The van der Waals surface area contributed by atoms with E-state index < -0.39 is 48.3 Å². The van der Waals surface area contributed by atoms with E-state index in [2.05, 4.69) is 0 Å². The van der Waals surface area contributed by atoms with Gasteiger partial charge in [-0.15, -0.1) is 0 Å². The molecule has 10 heteroatoms. The second-order valence-corrected chi connectivity index (χ2v) is 6.93. The summed E-state index contributed by atoms with van der Waals surface area (Å²) in [5.41, 5.74) is -2.36. The SMILES string of the molecule is CC(C)(C)OC(=O)N1[C@@H]([CH]C(C(F)(F)F)C(F)(F)F)COC1(C)C. The first-order valence-corrected chi connectivity index (χ1v) is 7.10. The molecular formula is C14H20F6NO3. The van der Waals surface area contributed by atoms with Gasteiger partial charge in [-0.1, -0.05) is 0 Å². The summed E-state index contributed by atoms with van der Waals surface area (Å²) >= 11 is 0. The minimum absolute atomic E-state index is 0.0403. The van der Waals surface area contributed by atoms with Gasteiger partial charge in [-0.25, -0.2) is 4.79 Å². The Balaban J connectivity index is 3.06. The summed E-state index contributed by atoms with van der Waals surface area (Å²) in [6.45, 7) is 6.82. The number of hydrogen-bond donors (Lipinski definition) is 0. The van der Waals surface area contributed by atoms with Gasteiger partial charge in [0.05, 0.1) is 12.6 Å². The van der Waals surface area contributed by atoms with Crippen molar-refractivity contribution in [2.24, 2.45) is 5.92 Å². The van der Waals surface area contributed by atoms with E-state index in [1.165, 1.54) is 34.6 Å². The number of rotatable bonds is 2. The Bertz CT molecular complexity index is 453. The Labute approximate surface area is 136 Å². The Hall–Kier alpha value is -1.19. The monoisotopic (exact) mass is 364 g/mol. The maximum Gasteiger partial charge on any atom is 0.412 e. The predicted molar refractivity (Wildman–Crippen MR) is 71.8 cm³/mol. The third kappa shape index (κ3) is 5.15. The molecular weight excluding hydrogens is 344 g/mol. The number of amides is 1. The fraction of sp³-hybridized carbons (Fsp3) is 0.857. The molecule has 1 saturated heterocycles. The minimum Gasteiger partial charge on any atom is -0.444 e. The number of halogens is 6. The third-order valence-electron chi connectivity index (χ3n) is 3.23. The highest BCUT2D eigenvalue weighted by Crippen LogP contribution is 2.44. The Morgan fingerprint density at radius 1 is 1.17 bits per heavy atom. The van der Waals surface area contributed by atoms with Crippen LogP contribution in [0, 0.1) is 12.3 Å². The smallest absolute Gasteiger partial charge is 0.412 e. The third-order valence-corrected chi connectivity index (χ3v) is 3.23. The molecule has 0 aromatic carbocycles. The molecule has 141 valence electrons. The fourth-order valence-electron chi connectivity index (χ4n) is 2.27. The molecule has 0 N–H and O–H groups in total. The maximum atomic E-state index is 12.7. The van der Waals surface area contributed by atoms with Crippen LogP contribution in [-0.2, 0) is 9.47 Å². The largest absolute Gasteiger partial charge is 0.444 e. The van der Waals surface area contributed by atoms with Crippen LogP contribution in [0.25, 0.3) is 0 Å². The molecule has 0 aromatic heterocycles. The molecule has 0 bridgehead atoms. The van der Waals surface area contributed by atoms with Gasteiger partial charge in [-0.05, 0) is 34.6 Å². The minimum atomic E-state index is -5.52. The molecule has 0 unspecified atom stereocenters. The quantitative estimate of drug-likeness (QED) is 0.686. The van der Waals surface area contributed by atoms with E-state index >= 15 is 0 Å².